The molecular weight excluding hydrogens is 208 g/mol. The molecular formula is C12H17ClN2. The molecule has 1 atom stereocenters. The highest BCUT2D eigenvalue weighted by atomic mass is 35.5. The Morgan fingerprint density at radius 1 is 1.53 bits per heavy atom. The Kier molecular flexibility index (Phi) is 2.87. The standard InChI is InChI=1S/C12H17ClN2/c1-8(2)10-4-5-15(3)12-11(10)6-9(13)7-14-12/h6-8,10H,4-5H2,1-3H3. The van der Waals surface area contributed by atoms with Crippen LogP contribution in [0.15, 0.2) is 12.3 Å². The van der Waals surface area contributed by atoms with Crippen molar-refractivity contribution < 1.29 is 0 Å². The van der Waals surface area contributed by atoms with Gasteiger partial charge in [-0.2, -0.15) is 0 Å². The molecule has 0 spiro atoms. The third kappa shape index (κ3) is 1.96. The molecule has 0 N–H and O–H groups in total. The van der Waals surface area contributed by atoms with E-state index in [1.54, 1.807) is 6.20 Å². The van der Waals surface area contributed by atoms with E-state index in [0.717, 1.165) is 17.4 Å². The number of pyridine rings is 1. The monoisotopic (exact) mass is 224 g/mol. The lowest BCUT2D eigenvalue weighted by atomic mass is 9.83. The van der Waals surface area contributed by atoms with Crippen LogP contribution in [-0.2, 0) is 0 Å². The molecule has 15 heavy (non-hydrogen) atoms. The molecule has 1 aliphatic rings. The smallest absolute Gasteiger partial charge is 0.131 e. The molecule has 0 saturated heterocycles. The normalized spacial score (nSPS) is 20.6. The highest BCUT2D eigenvalue weighted by Crippen LogP contribution is 2.38. The Morgan fingerprint density at radius 3 is 2.93 bits per heavy atom. The summed E-state index contributed by atoms with van der Waals surface area (Å²) in [5, 5.41) is 0.745. The predicted molar refractivity (Wildman–Crippen MR) is 64.7 cm³/mol. The molecule has 2 heterocycles. The first-order valence-corrected chi connectivity index (χ1v) is 5.84. The number of aromatic nitrogens is 1. The lowest BCUT2D eigenvalue weighted by Crippen LogP contribution is -2.30. The van der Waals surface area contributed by atoms with Gasteiger partial charge in [0, 0.05) is 19.8 Å². The molecule has 0 aliphatic carbocycles. The van der Waals surface area contributed by atoms with Gasteiger partial charge < -0.3 is 4.90 Å². The van der Waals surface area contributed by atoms with Gasteiger partial charge in [0.2, 0.25) is 0 Å². The van der Waals surface area contributed by atoms with Crippen molar-refractivity contribution in [2.45, 2.75) is 26.2 Å². The van der Waals surface area contributed by atoms with Crippen LogP contribution in [0, 0.1) is 5.92 Å². The van der Waals surface area contributed by atoms with E-state index in [2.05, 4.69) is 36.8 Å². The summed E-state index contributed by atoms with van der Waals surface area (Å²) in [6.07, 6.45) is 2.93. The molecule has 0 aromatic carbocycles. The molecule has 1 aromatic rings. The van der Waals surface area contributed by atoms with E-state index in [1.807, 2.05) is 0 Å². The van der Waals surface area contributed by atoms with Crippen LogP contribution in [-0.4, -0.2) is 18.6 Å². The van der Waals surface area contributed by atoms with Gasteiger partial charge >= 0.3 is 0 Å². The van der Waals surface area contributed by atoms with Gasteiger partial charge in [-0.15, -0.1) is 0 Å². The lowest BCUT2D eigenvalue weighted by molar-refractivity contribution is 0.453. The van der Waals surface area contributed by atoms with E-state index in [-0.39, 0.29) is 0 Å². The van der Waals surface area contributed by atoms with E-state index in [1.165, 1.54) is 12.0 Å². The van der Waals surface area contributed by atoms with Crippen molar-refractivity contribution in [3.63, 3.8) is 0 Å². The zero-order chi connectivity index (χ0) is 11.0. The number of nitrogens with zero attached hydrogens (tertiary/aromatic N) is 2. The molecule has 0 bridgehead atoms. The number of hydrogen-bond acceptors (Lipinski definition) is 2. The van der Waals surface area contributed by atoms with Crippen molar-refractivity contribution >= 4 is 17.4 Å². The molecule has 2 rings (SSSR count). The van der Waals surface area contributed by atoms with Crippen LogP contribution in [0.1, 0.15) is 31.7 Å². The summed E-state index contributed by atoms with van der Waals surface area (Å²) in [5.41, 5.74) is 1.31. The van der Waals surface area contributed by atoms with Crippen LogP contribution in [0.3, 0.4) is 0 Å². The van der Waals surface area contributed by atoms with Gasteiger partial charge in [-0.1, -0.05) is 25.4 Å². The van der Waals surface area contributed by atoms with Gasteiger partial charge in [-0.25, -0.2) is 4.98 Å². The number of rotatable bonds is 1. The molecule has 0 saturated carbocycles. The van der Waals surface area contributed by atoms with E-state index < -0.39 is 0 Å². The predicted octanol–water partition coefficient (Wildman–Crippen LogP) is 3.31. The maximum atomic E-state index is 6.01. The second-order valence-electron chi connectivity index (χ2n) is 4.63. The van der Waals surface area contributed by atoms with Crippen LogP contribution in [0.2, 0.25) is 5.02 Å². The first-order valence-electron chi connectivity index (χ1n) is 5.46. The summed E-state index contributed by atoms with van der Waals surface area (Å²) in [4.78, 5) is 6.64. The fraction of sp³-hybridized carbons (Fsp3) is 0.583. The summed E-state index contributed by atoms with van der Waals surface area (Å²) in [5.74, 6) is 2.35. The molecule has 82 valence electrons. The molecule has 0 amide bonds. The number of fused-ring (bicyclic) bond motifs is 1. The highest BCUT2D eigenvalue weighted by Gasteiger charge is 2.26. The molecule has 3 heteroatoms. The minimum absolute atomic E-state index is 0.599. The second-order valence-corrected chi connectivity index (χ2v) is 5.06. The summed E-state index contributed by atoms with van der Waals surface area (Å²) in [6, 6.07) is 2.07. The fourth-order valence-electron chi connectivity index (χ4n) is 2.33. The largest absolute Gasteiger partial charge is 0.359 e. The number of anilines is 1. The average Bonchev–Trinajstić information content (AvgIpc) is 2.17. The Balaban J connectivity index is 2.46. The van der Waals surface area contributed by atoms with Crippen molar-refractivity contribution in [3.05, 3.63) is 22.8 Å². The molecule has 0 fully saturated rings. The fourth-order valence-corrected chi connectivity index (χ4v) is 2.49. The SMILES string of the molecule is CC(C)C1CCN(C)c2ncc(Cl)cc21. The topological polar surface area (TPSA) is 16.1 Å². The number of halogens is 1. The van der Waals surface area contributed by atoms with Gasteiger partial charge in [0.15, 0.2) is 0 Å². The van der Waals surface area contributed by atoms with Gasteiger partial charge in [0.25, 0.3) is 0 Å². The maximum absolute atomic E-state index is 6.01. The van der Waals surface area contributed by atoms with Gasteiger partial charge in [-0.05, 0) is 29.9 Å². The van der Waals surface area contributed by atoms with Gasteiger partial charge in [-0.3, -0.25) is 0 Å². The van der Waals surface area contributed by atoms with Crippen LogP contribution in [0.5, 0.6) is 0 Å². The molecule has 1 aromatic heterocycles. The van der Waals surface area contributed by atoms with Gasteiger partial charge in [0.05, 0.1) is 5.02 Å². The first kappa shape index (κ1) is 10.7. The minimum atomic E-state index is 0.599. The Hall–Kier alpha value is -0.760. The van der Waals surface area contributed by atoms with Gasteiger partial charge in [0.1, 0.15) is 5.82 Å². The minimum Gasteiger partial charge on any atom is -0.359 e. The highest BCUT2D eigenvalue weighted by molar-refractivity contribution is 6.30. The van der Waals surface area contributed by atoms with Crippen LogP contribution in [0.25, 0.3) is 0 Å². The molecule has 0 radical (unpaired) electrons. The van der Waals surface area contributed by atoms with Crippen molar-refractivity contribution in [1.29, 1.82) is 0 Å². The Bertz CT molecular complexity index is 363. The third-order valence-electron chi connectivity index (χ3n) is 3.20. The lowest BCUT2D eigenvalue weighted by Gasteiger charge is -2.34. The first-order chi connectivity index (χ1) is 7.09. The van der Waals surface area contributed by atoms with Crippen LogP contribution >= 0.6 is 11.6 Å². The second kappa shape index (κ2) is 4.01. The zero-order valence-electron chi connectivity index (χ0n) is 9.50. The summed E-state index contributed by atoms with van der Waals surface area (Å²) < 4.78 is 0. The van der Waals surface area contributed by atoms with Crippen LogP contribution in [0.4, 0.5) is 5.82 Å². The Labute approximate surface area is 96.3 Å². The number of hydrogen-bond donors (Lipinski definition) is 0. The van der Waals surface area contributed by atoms with E-state index >= 15 is 0 Å². The van der Waals surface area contributed by atoms with Crippen molar-refractivity contribution in [2.75, 3.05) is 18.5 Å². The molecule has 1 unspecified atom stereocenters. The van der Waals surface area contributed by atoms with E-state index in [0.29, 0.717) is 11.8 Å². The van der Waals surface area contributed by atoms with E-state index in [9.17, 15) is 0 Å². The Morgan fingerprint density at radius 2 is 2.27 bits per heavy atom. The summed E-state index contributed by atoms with van der Waals surface area (Å²) >= 11 is 6.01. The van der Waals surface area contributed by atoms with Crippen molar-refractivity contribution in [1.82, 2.24) is 4.98 Å². The molecule has 1 aliphatic heterocycles. The zero-order valence-corrected chi connectivity index (χ0v) is 10.3. The van der Waals surface area contributed by atoms with Crippen molar-refractivity contribution in [3.8, 4) is 0 Å². The molecule has 2 nitrogen and oxygen atoms in total. The summed E-state index contributed by atoms with van der Waals surface area (Å²) in [6.45, 7) is 5.62. The van der Waals surface area contributed by atoms with Crippen molar-refractivity contribution in [2.24, 2.45) is 5.92 Å². The van der Waals surface area contributed by atoms with Crippen LogP contribution < -0.4 is 4.90 Å². The van der Waals surface area contributed by atoms with E-state index in [4.69, 9.17) is 11.6 Å². The average molecular weight is 225 g/mol. The maximum Gasteiger partial charge on any atom is 0.131 e. The summed E-state index contributed by atoms with van der Waals surface area (Å²) in [7, 11) is 2.09. The quantitative estimate of drug-likeness (QED) is 0.728. The third-order valence-corrected chi connectivity index (χ3v) is 3.41.